The number of aromatic nitrogens is 3. The maximum Gasteiger partial charge on any atom is 0.191 e. The molecule has 0 amide bonds. The highest BCUT2D eigenvalue weighted by Crippen LogP contribution is 2.07. The fraction of sp³-hybridized carbons (Fsp3) is 0.550. The predicted octanol–water partition coefficient (Wildman–Crippen LogP) is 3.06. The van der Waals surface area contributed by atoms with Crippen LogP contribution in [0.4, 0.5) is 0 Å². The minimum atomic E-state index is 0. The monoisotopic (exact) mass is 499 g/mol. The molecule has 7 nitrogen and oxygen atoms in total. The van der Waals surface area contributed by atoms with E-state index in [2.05, 4.69) is 58.2 Å². The fourth-order valence-corrected chi connectivity index (χ4v) is 3.09. The molecule has 0 radical (unpaired) electrons. The molecule has 0 aliphatic heterocycles. The smallest absolute Gasteiger partial charge is 0.191 e. The molecule has 2 N–H and O–H groups in total. The van der Waals surface area contributed by atoms with Gasteiger partial charge in [-0.1, -0.05) is 0 Å². The second-order valence-corrected chi connectivity index (χ2v) is 7.12. The largest absolute Gasteiger partial charge is 0.356 e. The number of guanidine groups is 1. The van der Waals surface area contributed by atoms with Gasteiger partial charge in [-0.15, -0.1) is 24.0 Å². The van der Waals surface area contributed by atoms with Crippen LogP contribution in [-0.2, 0) is 6.54 Å². The van der Waals surface area contributed by atoms with E-state index < -0.39 is 0 Å². The van der Waals surface area contributed by atoms with Gasteiger partial charge < -0.3 is 10.6 Å². The Balaban J connectivity index is 0.00000392. The third kappa shape index (κ3) is 7.75. The highest BCUT2D eigenvalue weighted by Gasteiger charge is 2.12. The molecule has 0 bridgehead atoms. The lowest BCUT2D eigenvalue weighted by Crippen LogP contribution is -2.41. The highest BCUT2D eigenvalue weighted by molar-refractivity contribution is 14.0. The Morgan fingerprint density at radius 2 is 1.93 bits per heavy atom. The van der Waals surface area contributed by atoms with Gasteiger partial charge >= 0.3 is 0 Å². The zero-order valence-corrected chi connectivity index (χ0v) is 19.9. The number of hydrogen-bond acceptors (Lipinski definition) is 4. The van der Waals surface area contributed by atoms with E-state index in [1.165, 1.54) is 0 Å². The van der Waals surface area contributed by atoms with Gasteiger partial charge in [-0.3, -0.25) is 14.5 Å². The first-order chi connectivity index (χ1) is 13.0. The molecule has 0 fully saturated rings. The molecule has 2 rings (SSSR count). The van der Waals surface area contributed by atoms with Crippen LogP contribution in [-0.4, -0.2) is 57.6 Å². The van der Waals surface area contributed by atoms with E-state index in [0.717, 1.165) is 36.9 Å². The highest BCUT2D eigenvalue weighted by atomic mass is 127. The summed E-state index contributed by atoms with van der Waals surface area (Å²) in [5.41, 5.74) is 1.14. The molecule has 0 atom stereocenters. The normalized spacial score (nSPS) is 11.8. The summed E-state index contributed by atoms with van der Waals surface area (Å²) in [6.45, 7) is 11.7. The molecule has 0 spiro atoms. The van der Waals surface area contributed by atoms with Crippen LogP contribution in [0.5, 0.6) is 0 Å². The van der Waals surface area contributed by atoms with Gasteiger partial charge in [0.05, 0.1) is 0 Å². The van der Waals surface area contributed by atoms with Gasteiger partial charge in [0.25, 0.3) is 0 Å². The van der Waals surface area contributed by atoms with Gasteiger partial charge in [0, 0.05) is 57.4 Å². The van der Waals surface area contributed by atoms with E-state index in [0.29, 0.717) is 18.6 Å². The van der Waals surface area contributed by atoms with Crippen molar-refractivity contribution in [2.45, 2.75) is 52.7 Å². The summed E-state index contributed by atoms with van der Waals surface area (Å²) >= 11 is 0. The lowest BCUT2D eigenvalue weighted by atomic mass is 10.2. The van der Waals surface area contributed by atoms with Crippen molar-refractivity contribution in [3.8, 4) is 5.82 Å². The minimum absolute atomic E-state index is 0. The number of aliphatic imine (C=N–C) groups is 1. The number of rotatable bonds is 9. The van der Waals surface area contributed by atoms with Crippen molar-refractivity contribution in [2.75, 3.05) is 20.1 Å². The lowest BCUT2D eigenvalue weighted by molar-refractivity contribution is 0.173. The van der Waals surface area contributed by atoms with Gasteiger partial charge in [0.1, 0.15) is 12.1 Å². The van der Waals surface area contributed by atoms with Crippen molar-refractivity contribution < 1.29 is 0 Å². The zero-order valence-electron chi connectivity index (χ0n) is 17.6. The number of nitrogens with one attached hydrogen (secondary N) is 2. The van der Waals surface area contributed by atoms with Crippen LogP contribution in [0.3, 0.4) is 0 Å². The first-order valence-electron chi connectivity index (χ1n) is 9.64. The van der Waals surface area contributed by atoms with E-state index in [1.807, 2.05) is 29.1 Å². The summed E-state index contributed by atoms with van der Waals surface area (Å²) < 4.78 is 1.89. The summed E-state index contributed by atoms with van der Waals surface area (Å²) in [6.07, 6.45) is 8.28. The van der Waals surface area contributed by atoms with E-state index in [4.69, 9.17) is 0 Å². The Hall–Kier alpha value is -1.68. The third-order valence-corrected chi connectivity index (χ3v) is 4.47. The first kappa shape index (κ1) is 24.4. The van der Waals surface area contributed by atoms with Crippen molar-refractivity contribution in [1.29, 1.82) is 0 Å². The quantitative estimate of drug-likeness (QED) is 0.240. The van der Waals surface area contributed by atoms with Crippen LogP contribution < -0.4 is 10.6 Å². The summed E-state index contributed by atoms with van der Waals surface area (Å²) in [5, 5.41) is 6.76. The lowest BCUT2D eigenvalue weighted by Gasteiger charge is -2.30. The van der Waals surface area contributed by atoms with E-state index in [9.17, 15) is 0 Å². The van der Waals surface area contributed by atoms with E-state index >= 15 is 0 Å². The molecular formula is C20H34IN7. The average molecular weight is 499 g/mol. The Kier molecular flexibility index (Phi) is 11.1. The molecule has 0 saturated heterocycles. The second kappa shape index (κ2) is 12.7. The van der Waals surface area contributed by atoms with Crippen LogP contribution in [0.15, 0.2) is 42.0 Å². The zero-order chi connectivity index (χ0) is 19.6. The van der Waals surface area contributed by atoms with Crippen LogP contribution in [0, 0.1) is 0 Å². The maximum absolute atomic E-state index is 4.38. The number of halogens is 1. The fourth-order valence-electron chi connectivity index (χ4n) is 3.09. The van der Waals surface area contributed by atoms with Crippen molar-refractivity contribution >= 4 is 29.9 Å². The van der Waals surface area contributed by atoms with Crippen LogP contribution in [0.2, 0.25) is 0 Å². The number of nitrogens with zero attached hydrogens (tertiary/aromatic N) is 5. The van der Waals surface area contributed by atoms with Gasteiger partial charge in [0.15, 0.2) is 5.96 Å². The first-order valence-corrected chi connectivity index (χ1v) is 9.64. The summed E-state index contributed by atoms with van der Waals surface area (Å²) in [7, 11) is 1.80. The Morgan fingerprint density at radius 3 is 2.54 bits per heavy atom. The second-order valence-electron chi connectivity index (χ2n) is 7.12. The minimum Gasteiger partial charge on any atom is -0.356 e. The van der Waals surface area contributed by atoms with Crippen LogP contribution in [0.25, 0.3) is 5.82 Å². The number of hydrogen-bond donors (Lipinski definition) is 2. The molecule has 8 heteroatoms. The van der Waals surface area contributed by atoms with Crippen molar-refractivity contribution in [1.82, 2.24) is 30.1 Å². The van der Waals surface area contributed by atoms with Crippen LogP contribution in [0.1, 0.15) is 39.7 Å². The molecule has 0 saturated carbocycles. The molecule has 156 valence electrons. The van der Waals surface area contributed by atoms with Gasteiger partial charge in [-0.25, -0.2) is 9.97 Å². The Bertz CT molecular complexity index is 690. The van der Waals surface area contributed by atoms with Crippen LogP contribution >= 0.6 is 24.0 Å². The van der Waals surface area contributed by atoms with E-state index in [1.54, 1.807) is 19.6 Å². The van der Waals surface area contributed by atoms with Gasteiger partial charge in [0.2, 0.25) is 0 Å². The van der Waals surface area contributed by atoms with Crippen molar-refractivity contribution in [2.24, 2.45) is 4.99 Å². The van der Waals surface area contributed by atoms with Gasteiger partial charge in [-0.2, -0.15) is 0 Å². The SMILES string of the molecule is CN=C(NCCCN(C(C)C)C(C)C)NCc1ccnc(-n2ccnc2)c1.I. The topological polar surface area (TPSA) is 70.4 Å². The molecule has 0 aromatic carbocycles. The molecule has 2 heterocycles. The standard InChI is InChI=1S/C20H33N7.HI/c1-16(2)27(17(3)4)11-6-8-24-20(21-5)25-14-18-7-9-23-19(13-18)26-12-10-22-15-26;/h7,9-10,12-13,15-17H,6,8,11,14H2,1-5H3,(H2,21,24,25);1H. The van der Waals surface area contributed by atoms with Crippen molar-refractivity contribution in [3.63, 3.8) is 0 Å². The average Bonchev–Trinajstić information content (AvgIpc) is 3.18. The molecule has 0 aliphatic carbocycles. The maximum atomic E-state index is 4.38. The molecule has 2 aromatic heterocycles. The van der Waals surface area contributed by atoms with E-state index in [-0.39, 0.29) is 24.0 Å². The third-order valence-electron chi connectivity index (χ3n) is 4.47. The summed E-state index contributed by atoms with van der Waals surface area (Å²) in [4.78, 5) is 15.3. The van der Waals surface area contributed by atoms with Gasteiger partial charge in [-0.05, 0) is 51.8 Å². The Morgan fingerprint density at radius 1 is 1.18 bits per heavy atom. The van der Waals surface area contributed by atoms with Crippen molar-refractivity contribution in [3.05, 3.63) is 42.6 Å². The Labute approximate surface area is 186 Å². The molecular weight excluding hydrogens is 465 g/mol. The molecule has 28 heavy (non-hydrogen) atoms. The summed E-state index contributed by atoms with van der Waals surface area (Å²) in [6, 6.07) is 5.19. The number of pyridine rings is 1. The number of imidazole rings is 1. The molecule has 0 unspecified atom stereocenters. The predicted molar refractivity (Wildman–Crippen MR) is 127 cm³/mol. The molecule has 0 aliphatic rings. The molecule has 2 aromatic rings. The summed E-state index contributed by atoms with van der Waals surface area (Å²) in [5.74, 6) is 1.67.